The van der Waals surface area contributed by atoms with Crippen LogP contribution < -0.4 is 5.32 Å². The second-order valence-electron chi connectivity index (χ2n) is 10.2. The van der Waals surface area contributed by atoms with Gasteiger partial charge in [-0.05, 0) is 79.3 Å². The average molecular weight is 507 g/mol. The highest BCUT2D eigenvalue weighted by Crippen LogP contribution is 2.31. The minimum Gasteiger partial charge on any atom is -0.350 e. The lowest BCUT2D eigenvalue weighted by Crippen LogP contribution is -2.26. The molecule has 38 heavy (non-hydrogen) atoms. The van der Waals surface area contributed by atoms with E-state index in [1.165, 1.54) is 0 Å². The Balaban J connectivity index is 1.23. The van der Waals surface area contributed by atoms with Gasteiger partial charge in [-0.25, -0.2) is 9.50 Å². The lowest BCUT2D eigenvalue weighted by Gasteiger charge is -2.13. The Morgan fingerprint density at radius 3 is 2.66 bits per heavy atom. The number of amides is 1. The number of Topliss-reactive ketones (excluding diaryl/α,β-unsaturated/α-hetero) is 1. The van der Waals surface area contributed by atoms with Gasteiger partial charge in [0.15, 0.2) is 11.5 Å². The zero-order chi connectivity index (χ0) is 26.2. The van der Waals surface area contributed by atoms with Gasteiger partial charge in [0.05, 0.1) is 11.6 Å². The molecule has 0 bridgehead atoms. The molecule has 0 aliphatic heterocycles. The van der Waals surface area contributed by atoms with Gasteiger partial charge >= 0.3 is 0 Å². The number of hydrogen-bond acceptors (Lipinski definition) is 5. The molecule has 0 radical (unpaired) electrons. The van der Waals surface area contributed by atoms with Crippen LogP contribution in [0, 0.1) is 5.92 Å². The highest BCUT2D eigenvalue weighted by atomic mass is 16.1. The monoisotopic (exact) mass is 506 g/mol. The summed E-state index contributed by atoms with van der Waals surface area (Å²) in [4.78, 5) is 34.0. The van der Waals surface area contributed by atoms with Gasteiger partial charge in [0.25, 0.3) is 5.91 Å². The summed E-state index contributed by atoms with van der Waals surface area (Å²) in [6, 6.07) is 13.9. The molecule has 1 atom stereocenters. The maximum atomic E-state index is 13.3. The molecule has 8 nitrogen and oxygen atoms in total. The summed E-state index contributed by atoms with van der Waals surface area (Å²) in [6.45, 7) is 1.97. The summed E-state index contributed by atoms with van der Waals surface area (Å²) < 4.78 is 3.76. The van der Waals surface area contributed by atoms with E-state index < -0.39 is 0 Å². The predicted octanol–water partition coefficient (Wildman–Crippen LogP) is 5.08. The molecule has 4 heterocycles. The van der Waals surface area contributed by atoms with Gasteiger partial charge in [-0.3, -0.25) is 14.6 Å². The molecule has 1 aromatic carbocycles. The number of fused-ring (bicyclic) bond motifs is 2. The normalized spacial score (nSPS) is 14.2. The number of hydrogen-bond donors (Lipinski definition) is 1. The number of aryl methyl sites for hydroxylation is 2. The molecule has 1 N–H and O–H groups in total. The van der Waals surface area contributed by atoms with Gasteiger partial charge < -0.3 is 9.88 Å². The molecule has 5 aromatic rings. The fourth-order valence-corrected chi connectivity index (χ4v) is 5.01. The molecule has 192 valence electrons. The number of aromatic nitrogens is 5. The van der Waals surface area contributed by atoms with Gasteiger partial charge in [0.2, 0.25) is 0 Å². The molecule has 0 spiro atoms. The Labute approximate surface area is 220 Å². The van der Waals surface area contributed by atoms with Crippen LogP contribution in [0.3, 0.4) is 0 Å². The smallest absolute Gasteiger partial charge is 0.253 e. The van der Waals surface area contributed by atoms with E-state index in [-0.39, 0.29) is 11.9 Å². The Kier molecular flexibility index (Phi) is 6.23. The number of nitrogens with zero attached hydrogens (tertiary/aromatic N) is 5. The van der Waals surface area contributed by atoms with Gasteiger partial charge in [-0.2, -0.15) is 5.10 Å². The molecule has 6 rings (SSSR count). The van der Waals surface area contributed by atoms with Crippen LogP contribution in [0.5, 0.6) is 0 Å². The quantitative estimate of drug-likeness (QED) is 0.301. The van der Waals surface area contributed by atoms with Crippen molar-refractivity contribution >= 4 is 28.2 Å². The third-order valence-electron chi connectivity index (χ3n) is 7.36. The fraction of sp³-hybridized carbons (Fsp3) is 0.300. The number of nitrogens with one attached hydrogen (secondary N) is 1. The van der Waals surface area contributed by atoms with Crippen molar-refractivity contribution in [3.05, 3.63) is 84.2 Å². The third kappa shape index (κ3) is 4.81. The van der Waals surface area contributed by atoms with Crippen molar-refractivity contribution in [2.24, 2.45) is 13.0 Å². The number of pyridine rings is 2. The molecule has 0 unspecified atom stereocenters. The second-order valence-corrected chi connectivity index (χ2v) is 10.2. The standard InChI is InChI=1S/C30H30N6O2/c1-19(20-10-13-31-14-11-20)32-30(38)25-18-35(2)26-9-8-22(16-24(25)26)23-12-15-36-29(17-23)33-28(34-36)5-3-4-27(37)21-6-7-21/h8-19,21H,3-7H2,1-2H3,(H,32,38)/t19-/m0/s1. The minimum absolute atomic E-state index is 0.116. The average Bonchev–Trinajstić information content (AvgIpc) is 3.63. The lowest BCUT2D eigenvalue weighted by molar-refractivity contribution is -0.120. The Morgan fingerprint density at radius 2 is 1.87 bits per heavy atom. The van der Waals surface area contributed by atoms with Crippen molar-refractivity contribution in [3.8, 4) is 11.1 Å². The summed E-state index contributed by atoms with van der Waals surface area (Å²) in [7, 11) is 1.95. The summed E-state index contributed by atoms with van der Waals surface area (Å²) in [5.74, 6) is 1.33. The largest absolute Gasteiger partial charge is 0.350 e. The van der Waals surface area contributed by atoms with Crippen molar-refractivity contribution in [1.82, 2.24) is 29.5 Å². The number of carbonyl (C=O) groups excluding carboxylic acids is 2. The SMILES string of the molecule is C[C@H](NC(=O)c1cn(C)c2ccc(-c3ccn4nc(CCCC(=O)C5CC5)nc4c3)cc12)c1ccncc1. The van der Waals surface area contributed by atoms with E-state index in [0.29, 0.717) is 30.1 Å². The first-order valence-corrected chi connectivity index (χ1v) is 13.1. The lowest BCUT2D eigenvalue weighted by atomic mass is 10.0. The zero-order valence-electron chi connectivity index (χ0n) is 21.6. The van der Waals surface area contributed by atoms with Crippen molar-refractivity contribution < 1.29 is 9.59 Å². The van der Waals surface area contributed by atoms with Crippen molar-refractivity contribution in [1.29, 1.82) is 0 Å². The van der Waals surface area contributed by atoms with Crippen LogP contribution >= 0.6 is 0 Å². The van der Waals surface area contributed by atoms with Crippen LogP contribution in [0.4, 0.5) is 0 Å². The van der Waals surface area contributed by atoms with E-state index in [1.807, 2.05) is 61.3 Å². The molecule has 1 fully saturated rings. The molecule has 0 saturated heterocycles. The van der Waals surface area contributed by atoms with E-state index in [2.05, 4.69) is 27.5 Å². The molecule has 1 aliphatic carbocycles. The van der Waals surface area contributed by atoms with E-state index in [1.54, 1.807) is 16.9 Å². The first kappa shape index (κ1) is 24.0. The first-order chi connectivity index (χ1) is 18.5. The number of benzene rings is 1. The van der Waals surface area contributed by atoms with E-state index >= 15 is 0 Å². The highest BCUT2D eigenvalue weighted by molar-refractivity contribution is 6.08. The van der Waals surface area contributed by atoms with Gasteiger partial charge in [0.1, 0.15) is 5.78 Å². The second kappa shape index (κ2) is 9.85. The van der Waals surface area contributed by atoms with Crippen LogP contribution in [0.1, 0.15) is 60.4 Å². The maximum Gasteiger partial charge on any atom is 0.253 e. The van der Waals surface area contributed by atoms with Crippen LogP contribution in [0.15, 0.2) is 67.3 Å². The number of ketones is 1. The van der Waals surface area contributed by atoms with E-state index in [4.69, 9.17) is 4.98 Å². The fourth-order valence-electron chi connectivity index (χ4n) is 5.01. The van der Waals surface area contributed by atoms with Gasteiger partial charge in [-0.15, -0.1) is 0 Å². The van der Waals surface area contributed by atoms with E-state index in [0.717, 1.165) is 58.3 Å². The summed E-state index contributed by atoms with van der Waals surface area (Å²) in [6.07, 6.45) is 11.5. The highest BCUT2D eigenvalue weighted by Gasteiger charge is 2.28. The summed E-state index contributed by atoms with van der Waals surface area (Å²) in [5.41, 5.74) is 5.40. The molecule has 1 aliphatic rings. The van der Waals surface area contributed by atoms with E-state index in [9.17, 15) is 9.59 Å². The van der Waals surface area contributed by atoms with Crippen LogP contribution in [-0.4, -0.2) is 35.8 Å². The summed E-state index contributed by atoms with van der Waals surface area (Å²) >= 11 is 0. The van der Waals surface area contributed by atoms with Crippen LogP contribution in [0.2, 0.25) is 0 Å². The molecule has 1 amide bonds. The summed E-state index contributed by atoms with van der Waals surface area (Å²) in [5, 5.41) is 8.59. The number of carbonyl (C=O) groups is 2. The molecular formula is C30H30N6O2. The zero-order valence-corrected chi connectivity index (χ0v) is 21.6. The minimum atomic E-state index is -0.139. The molecule has 1 saturated carbocycles. The van der Waals surface area contributed by atoms with Gasteiger partial charge in [-0.1, -0.05) is 6.07 Å². The maximum absolute atomic E-state index is 13.3. The number of rotatable bonds is 9. The predicted molar refractivity (Wildman–Crippen MR) is 146 cm³/mol. The first-order valence-electron chi connectivity index (χ1n) is 13.1. The van der Waals surface area contributed by atoms with Crippen LogP contribution in [-0.2, 0) is 18.3 Å². The van der Waals surface area contributed by atoms with Crippen molar-refractivity contribution in [2.75, 3.05) is 0 Å². The molecule has 8 heteroatoms. The van der Waals surface area contributed by atoms with Gasteiger partial charge in [0, 0.05) is 61.5 Å². The Hall–Kier alpha value is -4.33. The third-order valence-corrected chi connectivity index (χ3v) is 7.36. The van der Waals surface area contributed by atoms with Crippen molar-refractivity contribution in [2.45, 2.75) is 45.1 Å². The molecule has 4 aromatic heterocycles. The van der Waals surface area contributed by atoms with Crippen LogP contribution in [0.25, 0.3) is 27.7 Å². The van der Waals surface area contributed by atoms with Crippen molar-refractivity contribution in [3.63, 3.8) is 0 Å². The topological polar surface area (TPSA) is 94.2 Å². The molecular weight excluding hydrogens is 476 g/mol. The Bertz CT molecular complexity index is 1650. The Morgan fingerprint density at radius 1 is 1.08 bits per heavy atom.